The number of hydrogen-bond donors (Lipinski definition) is 7. The number of aromatic nitrogens is 7. The summed E-state index contributed by atoms with van der Waals surface area (Å²) in [4.78, 5) is 56.3. The molecule has 2 amide bonds. The van der Waals surface area contributed by atoms with Crippen LogP contribution in [0.25, 0.3) is 11.0 Å². The second kappa shape index (κ2) is 47.7. The summed E-state index contributed by atoms with van der Waals surface area (Å²) in [5.41, 5.74) is 12.7. The minimum absolute atomic E-state index is 0. The maximum atomic E-state index is 12.0. The number of nitrogen functional groups attached to an aromatic ring is 2. The van der Waals surface area contributed by atoms with E-state index in [4.69, 9.17) is 102 Å². The molecule has 7 aromatic heterocycles. The molecule has 0 fully saturated rings. The third kappa shape index (κ3) is 35.1. The predicted octanol–water partition coefficient (Wildman–Crippen LogP) is 14.0. The zero-order valence-corrected chi connectivity index (χ0v) is 57.9. The molecule has 7 aromatic rings. The summed E-state index contributed by atoms with van der Waals surface area (Å²) in [5.74, 6) is -2.17. The van der Waals surface area contributed by atoms with Crippen LogP contribution in [0.4, 0.5) is 54.8 Å². The quantitative estimate of drug-likeness (QED) is 0.0165. The number of halogens is 16. The number of nitrogens with zero attached hydrogens (tertiary/aromatic N) is 7. The number of hydrogen-bond acceptors (Lipinski definition) is 14. The molecule has 0 aliphatic rings. The van der Waals surface area contributed by atoms with Crippen molar-refractivity contribution in [2.24, 2.45) is 0 Å². The molecular formula is C42H36AcBr2Cl8F6N12O5S2Sn. The Morgan fingerprint density at radius 1 is 0.722 bits per heavy atom. The number of terminal acetylenes is 2. The van der Waals surface area contributed by atoms with Gasteiger partial charge in [0.2, 0.25) is 0 Å². The number of anilines is 4. The van der Waals surface area contributed by atoms with Crippen LogP contribution in [0.15, 0.2) is 107 Å². The first kappa shape index (κ1) is 80.5. The Morgan fingerprint density at radius 2 is 1.14 bits per heavy atom. The van der Waals surface area contributed by atoms with Gasteiger partial charge in [-0.05, 0) is 92.8 Å². The van der Waals surface area contributed by atoms with Crippen molar-refractivity contribution in [1.29, 1.82) is 0 Å². The van der Waals surface area contributed by atoms with Gasteiger partial charge in [0.25, 0.3) is 0 Å². The molecule has 0 aliphatic carbocycles. The van der Waals surface area contributed by atoms with E-state index in [1.807, 2.05) is 12.3 Å². The maximum absolute atomic E-state index is 12.0. The second-order valence-corrected chi connectivity index (χ2v) is 19.8. The number of fused-ring (bicyclic) bond motifs is 1. The fourth-order valence-electron chi connectivity index (χ4n) is 3.79. The normalized spacial score (nSPS) is 9.41. The van der Waals surface area contributed by atoms with Crippen LogP contribution in [0, 0.1) is 79.3 Å². The predicted molar refractivity (Wildman–Crippen MR) is 316 cm³/mol. The molecule has 0 unspecified atom stereocenters. The number of nitrogens with two attached hydrogens (primary N) is 2. The van der Waals surface area contributed by atoms with Crippen LogP contribution in [0.3, 0.4) is 0 Å². The molecule has 0 atom stereocenters. The van der Waals surface area contributed by atoms with E-state index in [1.54, 1.807) is 66.3 Å². The van der Waals surface area contributed by atoms with E-state index in [2.05, 4.69) is 104 Å². The number of amides is 2. The van der Waals surface area contributed by atoms with E-state index in [9.17, 15) is 46.0 Å². The molecule has 0 bridgehead atoms. The summed E-state index contributed by atoms with van der Waals surface area (Å²) in [6.07, 6.45) is 14.1. The molecule has 0 saturated carbocycles. The summed E-state index contributed by atoms with van der Waals surface area (Å²) >= 11 is 45.8. The number of nitrogens with one attached hydrogen (secondary N) is 3. The van der Waals surface area contributed by atoms with Gasteiger partial charge in [-0.15, -0.1) is 19.2 Å². The molecular weight excluding hydrogens is 1720 g/mol. The Hall–Kier alpha value is -2.74. The van der Waals surface area contributed by atoms with Gasteiger partial charge in [-0.2, -0.15) is 51.6 Å². The SMILES string of the molecule is CS.CS.Clc1ccnc2cc[nH]c12.Nc1c(Cl)ccnc1Br.Nc1cnccc1Cl.O.O=C(Nc1c(Cl)ccnc1Br)C(F)(F)F.O=[N+]([O-])c1cnccc1Cl.[3H]C#C.[3H]C#Cc1nccc(Cl)c1NC(=O)C(F)(F)F.[Ac].[Cl][Sn][Cl]. The molecule has 37 heteroatoms. The van der Waals surface area contributed by atoms with E-state index in [1.165, 1.54) is 49.4 Å². The van der Waals surface area contributed by atoms with Gasteiger partial charge in [-0.1, -0.05) is 69.6 Å². The summed E-state index contributed by atoms with van der Waals surface area (Å²) < 4.78 is 84.8. The van der Waals surface area contributed by atoms with E-state index in [0.717, 1.165) is 22.3 Å². The number of carbonyl (C=O) groups excluding carboxylic acids is 2. The first-order valence-electron chi connectivity index (χ1n) is 19.7. The van der Waals surface area contributed by atoms with Gasteiger partial charge in [0.1, 0.15) is 28.9 Å². The molecule has 0 aliphatic heterocycles. The van der Waals surface area contributed by atoms with Gasteiger partial charge in [0.15, 0.2) is 0 Å². The van der Waals surface area contributed by atoms with Crippen LogP contribution in [-0.4, -0.2) is 101 Å². The van der Waals surface area contributed by atoms with E-state index in [-0.39, 0.29) is 92.0 Å². The van der Waals surface area contributed by atoms with E-state index in [0.29, 0.717) is 26.0 Å². The Bertz CT molecular complexity index is 3040. The van der Waals surface area contributed by atoms with Gasteiger partial charge >= 0.3 is 66.6 Å². The van der Waals surface area contributed by atoms with Crippen molar-refractivity contribution in [2.45, 2.75) is 12.4 Å². The molecule has 425 valence electrons. The standard InChI is InChI=1S/C9H4ClF3N2O.C7H3BrClF3N2O.C7H5ClN2.C5H4BrClN2.C5H3ClN2O2.C5H5ClN2.C2H2.2CH4S.Ac.2ClH.H2O.Sn/c1-2-6-7(5(10)3-4-14-6)15-8(16)9(11,12)13;8-5-4(3(9)1-2-13-5)14-6(15)7(10,11)12;8-5-1-3-9-6-2-4-10-7(5)6;6-5-4(8)3(7)1-2-9-5;6-4-1-2-7-3-5(4)8(9)10;6-4-1-2-8-3-5(4)7;3*1-2;;;;;/h1,3-4H,(H,15,16);1-2H,(H,14,15);1-4,10H;1-2H,8H2;1-3H;1-3H,7H2;1-2H;2*2H,1H3;;2*1H;1H2;/q;;;;;;;;;;;;;+2/p-2/i1T;;;;;;1T;;;;;;;. The van der Waals surface area contributed by atoms with Crippen molar-refractivity contribution < 1.29 is 93.1 Å². The van der Waals surface area contributed by atoms with Crippen LogP contribution in [-0.2, 0) is 9.59 Å². The number of rotatable bonds is 3. The number of nitro groups is 1. The molecule has 3 radical (unpaired) electrons. The number of carbonyl (C=O) groups is 2. The van der Waals surface area contributed by atoms with Gasteiger partial charge in [0, 0.05) is 87.4 Å². The summed E-state index contributed by atoms with van der Waals surface area (Å²) in [6, 6.07) is 10.8. The first-order chi connectivity index (χ1) is 37.1. The van der Waals surface area contributed by atoms with Gasteiger partial charge in [0.05, 0.1) is 70.0 Å². The van der Waals surface area contributed by atoms with Crippen molar-refractivity contribution in [1.82, 2.24) is 34.9 Å². The number of aromatic amines is 1. The molecule has 0 aromatic carbocycles. The molecule has 7 rings (SSSR count). The molecule has 17 nitrogen and oxygen atoms in total. The number of thiol groups is 2. The number of alkyl halides is 6. The Labute approximate surface area is 561 Å². The average molecular weight is 1760 g/mol. The fraction of sp³-hybridized carbons (Fsp3) is 0.0952. The van der Waals surface area contributed by atoms with Crippen molar-refractivity contribution in [2.75, 3.05) is 34.6 Å². The minimum atomic E-state index is -5.04. The van der Waals surface area contributed by atoms with E-state index < -0.39 is 48.0 Å². The second-order valence-electron chi connectivity index (χ2n) is 11.6. The number of H-pyrrole nitrogens is 1. The van der Waals surface area contributed by atoms with Crippen LogP contribution >= 0.6 is 145 Å². The summed E-state index contributed by atoms with van der Waals surface area (Å²) in [6.45, 7) is 0. The van der Waals surface area contributed by atoms with Crippen molar-refractivity contribution >= 4 is 215 Å². The van der Waals surface area contributed by atoms with Gasteiger partial charge < -0.3 is 32.6 Å². The summed E-state index contributed by atoms with van der Waals surface area (Å²) in [7, 11) is 9.87. The van der Waals surface area contributed by atoms with Crippen molar-refractivity contribution in [3.63, 3.8) is 0 Å². The van der Waals surface area contributed by atoms with Crippen LogP contribution in [0.2, 0.25) is 30.1 Å². The third-order valence-corrected chi connectivity index (χ3v) is 10.1. The molecule has 0 spiro atoms. The Morgan fingerprint density at radius 3 is 1.53 bits per heavy atom. The first-order valence-corrected chi connectivity index (χ1v) is 31.6. The fourth-order valence-corrected chi connectivity index (χ4v) is 5.80. The van der Waals surface area contributed by atoms with Crippen molar-refractivity contribution in [3.05, 3.63) is 153 Å². The Balaban J connectivity index is -0.000000279. The van der Waals surface area contributed by atoms with Crippen molar-refractivity contribution in [3.8, 4) is 25.1 Å². The summed E-state index contributed by atoms with van der Waals surface area (Å²) in [5, 5.41) is 15.0. The third-order valence-electron chi connectivity index (χ3n) is 6.89. The topological polar surface area (TPSA) is 278 Å². The zero-order valence-electron chi connectivity index (χ0n) is 41.3. The molecule has 79 heavy (non-hydrogen) atoms. The monoisotopic (exact) mass is 1750 g/mol. The van der Waals surface area contributed by atoms with E-state index >= 15 is 0 Å². The molecule has 0 saturated heterocycles. The number of pyridine rings is 6. The molecule has 7 heterocycles. The van der Waals surface area contributed by atoms with Crippen LogP contribution < -0.4 is 22.1 Å². The molecule has 9 N–H and O–H groups in total. The van der Waals surface area contributed by atoms with Crippen LogP contribution in [0.5, 0.6) is 0 Å². The average Bonchev–Trinajstić information content (AvgIpc) is 3.89. The zero-order chi connectivity index (χ0) is 61.5. The Kier molecular flexibility index (Phi) is 48.6. The van der Waals surface area contributed by atoms with Gasteiger partial charge in [-0.3, -0.25) is 34.7 Å². The van der Waals surface area contributed by atoms with Gasteiger partial charge in [-0.25, -0.2) is 15.0 Å². The van der Waals surface area contributed by atoms with Crippen LogP contribution in [0.1, 0.15) is 8.44 Å².